The van der Waals surface area contributed by atoms with E-state index in [0.29, 0.717) is 70.7 Å². The minimum absolute atomic E-state index is 0.0234. The van der Waals surface area contributed by atoms with Gasteiger partial charge in [0.15, 0.2) is 0 Å². The van der Waals surface area contributed by atoms with E-state index < -0.39 is 36.1 Å². The Kier molecular flexibility index (Phi) is 13.4. The summed E-state index contributed by atoms with van der Waals surface area (Å²) in [7, 11) is 0. The minimum Gasteiger partial charge on any atom is -0.508 e. The van der Waals surface area contributed by atoms with Gasteiger partial charge < -0.3 is 39.3 Å². The second kappa shape index (κ2) is 18.7. The third kappa shape index (κ3) is 10.6. The summed E-state index contributed by atoms with van der Waals surface area (Å²) in [4.78, 5) is 40.2. The lowest BCUT2D eigenvalue weighted by molar-refractivity contribution is -0.153. The van der Waals surface area contributed by atoms with Gasteiger partial charge in [-0.15, -0.1) is 0 Å². The number of hydrogen-bond acceptors (Lipinski definition) is 12. The van der Waals surface area contributed by atoms with Gasteiger partial charge in [0, 0.05) is 70.9 Å². The van der Waals surface area contributed by atoms with Crippen molar-refractivity contribution in [3.05, 3.63) is 98.6 Å². The summed E-state index contributed by atoms with van der Waals surface area (Å²) in [5, 5.41) is 20.0. The Labute approximate surface area is 347 Å². The van der Waals surface area contributed by atoms with Crippen LogP contribution in [0.3, 0.4) is 0 Å². The number of phenols is 1. The molecule has 2 aromatic heterocycles. The van der Waals surface area contributed by atoms with E-state index in [2.05, 4.69) is 9.97 Å². The van der Waals surface area contributed by atoms with Crippen molar-refractivity contribution >= 4 is 23.5 Å². The normalized spacial score (nSPS) is 20.0. The molecule has 2 fully saturated rings. The van der Waals surface area contributed by atoms with Gasteiger partial charge in [0.2, 0.25) is 11.9 Å². The molecule has 8 rings (SSSR count). The van der Waals surface area contributed by atoms with E-state index in [1.807, 2.05) is 40.1 Å². The van der Waals surface area contributed by atoms with Gasteiger partial charge in [-0.1, -0.05) is 42.5 Å². The fourth-order valence-corrected chi connectivity index (χ4v) is 8.06. The third-order valence-electron chi connectivity index (χ3n) is 11.2. The lowest BCUT2D eigenvalue weighted by Crippen LogP contribution is -2.55. The van der Waals surface area contributed by atoms with Crippen LogP contribution in [-0.2, 0) is 35.4 Å². The first kappa shape index (κ1) is 43.7. The maximum atomic E-state index is 13.9. The molecular weight excluding hydrogens is 814 g/mol. The zero-order chi connectivity index (χ0) is 43.3. The van der Waals surface area contributed by atoms with Gasteiger partial charge in [-0.25, -0.2) is 0 Å². The molecule has 0 bridgehead atoms. The number of ether oxygens (including phenoxy) is 2. The average Bonchev–Trinajstić information content (AvgIpc) is 3.24. The SMILES string of the molecule is O=c1cc(N2CCOCC2)nc2n1CC[C@@H](C(F)(F)F)N2CC(O)Cc1ccccc1.O=c1cc(N2CCOCC2)nc2n1CC[C@@H](C(F)(F)F)N2CCc1ccc(O)cc1. The number of aliphatic hydroxyl groups is 1. The first-order valence-corrected chi connectivity index (χ1v) is 20.2. The van der Waals surface area contributed by atoms with Crippen molar-refractivity contribution in [2.75, 3.05) is 85.3 Å². The molecule has 1 unspecified atom stereocenters. The van der Waals surface area contributed by atoms with E-state index >= 15 is 0 Å². The standard InChI is InChI=1S/C21H25F3N4O3.C20H23F3N4O3/c22-21(23,24)17-6-7-27-19(30)13-18(26-8-10-31-11-9-26)25-20(27)28(17)14-16(29)12-15-4-2-1-3-5-15;21-20(22,23)16-6-8-27-18(29)13-17(25-9-11-30-12-10-25)24-19(27)26(16)7-5-14-1-3-15(28)4-2-14/h1-5,13,16-17,29H,6-12,14H2;1-4,13,16,28H,5-12H2/t16?,17-;16-/m00/s1. The molecule has 4 aliphatic rings. The molecule has 2 saturated heterocycles. The highest BCUT2D eigenvalue weighted by Gasteiger charge is 2.48. The van der Waals surface area contributed by atoms with E-state index in [4.69, 9.17) is 9.47 Å². The molecule has 2 aromatic carbocycles. The molecule has 4 aliphatic heterocycles. The number of phenolic OH excluding ortho intramolecular Hbond substituents is 1. The maximum absolute atomic E-state index is 13.9. The number of aromatic hydroxyl groups is 1. The van der Waals surface area contributed by atoms with Crippen LogP contribution in [0.4, 0.5) is 49.9 Å². The molecule has 14 nitrogen and oxygen atoms in total. The Bertz CT molecular complexity index is 2190. The molecule has 0 amide bonds. The van der Waals surface area contributed by atoms with Gasteiger partial charge >= 0.3 is 12.4 Å². The average molecular weight is 863 g/mol. The molecule has 330 valence electrons. The summed E-state index contributed by atoms with van der Waals surface area (Å²) in [6, 6.07) is 14.7. The molecule has 3 atom stereocenters. The molecule has 20 heteroatoms. The summed E-state index contributed by atoms with van der Waals surface area (Å²) in [5.74, 6) is 0.821. The molecule has 0 radical (unpaired) electrons. The Morgan fingerprint density at radius 3 is 1.62 bits per heavy atom. The zero-order valence-corrected chi connectivity index (χ0v) is 33.3. The smallest absolute Gasteiger partial charge is 0.408 e. The van der Waals surface area contributed by atoms with E-state index in [-0.39, 0.29) is 68.6 Å². The highest BCUT2D eigenvalue weighted by Crippen LogP contribution is 2.36. The molecule has 2 N–H and O–H groups in total. The number of β-amino-alcohol motifs (C(OH)–C–C–N with tert-alkyl or cyclic N) is 1. The molecule has 61 heavy (non-hydrogen) atoms. The van der Waals surface area contributed by atoms with Crippen LogP contribution in [0, 0.1) is 0 Å². The van der Waals surface area contributed by atoms with E-state index in [0.717, 1.165) is 16.0 Å². The summed E-state index contributed by atoms with van der Waals surface area (Å²) in [6.07, 6.45) is -9.95. The summed E-state index contributed by atoms with van der Waals surface area (Å²) >= 11 is 0. The van der Waals surface area contributed by atoms with Gasteiger partial charge in [-0.2, -0.15) is 36.3 Å². The number of rotatable bonds is 9. The Hall–Kier alpha value is -5.34. The van der Waals surface area contributed by atoms with Gasteiger partial charge in [0.25, 0.3) is 11.1 Å². The van der Waals surface area contributed by atoms with Crippen molar-refractivity contribution in [2.45, 2.75) is 69.3 Å². The van der Waals surface area contributed by atoms with Gasteiger partial charge in [0.05, 0.1) is 32.5 Å². The number of anilines is 4. The lowest BCUT2D eigenvalue weighted by Gasteiger charge is -2.40. The van der Waals surface area contributed by atoms with Crippen LogP contribution in [0.25, 0.3) is 0 Å². The van der Waals surface area contributed by atoms with E-state index in [1.54, 1.807) is 12.1 Å². The first-order valence-electron chi connectivity index (χ1n) is 20.2. The fraction of sp³-hybridized carbons (Fsp3) is 0.512. The number of alkyl halides is 6. The lowest BCUT2D eigenvalue weighted by atomic mass is 10.0. The van der Waals surface area contributed by atoms with Crippen molar-refractivity contribution in [2.24, 2.45) is 0 Å². The molecule has 0 aliphatic carbocycles. The van der Waals surface area contributed by atoms with Crippen molar-refractivity contribution in [3.63, 3.8) is 0 Å². The number of halogens is 6. The fourth-order valence-electron chi connectivity index (χ4n) is 8.06. The Balaban J connectivity index is 0.000000184. The summed E-state index contributed by atoms with van der Waals surface area (Å²) in [6.45, 7) is 3.65. The maximum Gasteiger partial charge on any atom is 0.408 e. The second-order valence-electron chi connectivity index (χ2n) is 15.3. The topological polar surface area (TPSA) is 142 Å². The number of nitrogens with zero attached hydrogens (tertiary/aromatic N) is 8. The predicted octanol–water partition coefficient (Wildman–Crippen LogP) is 3.99. The highest BCUT2D eigenvalue weighted by molar-refractivity contribution is 5.48. The van der Waals surface area contributed by atoms with Crippen molar-refractivity contribution in [1.82, 2.24) is 19.1 Å². The monoisotopic (exact) mass is 862 g/mol. The van der Waals surface area contributed by atoms with Crippen LogP contribution >= 0.6 is 0 Å². The van der Waals surface area contributed by atoms with Gasteiger partial charge in [-0.05, 0) is 42.5 Å². The number of hydrogen-bond donors (Lipinski definition) is 2. The molecule has 6 heterocycles. The summed E-state index contributed by atoms with van der Waals surface area (Å²) in [5.41, 5.74) is 0.868. The number of aromatic nitrogens is 4. The van der Waals surface area contributed by atoms with Gasteiger partial charge in [-0.3, -0.25) is 18.7 Å². The Morgan fingerprint density at radius 1 is 0.656 bits per heavy atom. The van der Waals surface area contributed by atoms with Crippen LogP contribution in [0.5, 0.6) is 5.75 Å². The number of fused-ring (bicyclic) bond motifs is 2. The zero-order valence-electron chi connectivity index (χ0n) is 33.3. The van der Waals surface area contributed by atoms with Crippen molar-refractivity contribution < 1.29 is 46.0 Å². The quantitative estimate of drug-likeness (QED) is 0.235. The predicted molar refractivity (Wildman–Crippen MR) is 215 cm³/mol. The van der Waals surface area contributed by atoms with Crippen LogP contribution in [-0.4, -0.2) is 126 Å². The molecular formula is C41H48F6N8O6. The number of benzene rings is 2. The largest absolute Gasteiger partial charge is 0.508 e. The van der Waals surface area contributed by atoms with Gasteiger partial charge in [0.1, 0.15) is 29.5 Å². The van der Waals surface area contributed by atoms with Crippen LogP contribution in [0.15, 0.2) is 76.3 Å². The first-order chi connectivity index (χ1) is 29.2. The van der Waals surface area contributed by atoms with Crippen LogP contribution in [0.2, 0.25) is 0 Å². The number of aliphatic hydroxyl groups excluding tert-OH is 1. The third-order valence-corrected chi connectivity index (χ3v) is 11.2. The second-order valence-corrected chi connectivity index (χ2v) is 15.3. The summed E-state index contributed by atoms with van der Waals surface area (Å²) < 4.78 is 96.2. The number of morpholine rings is 2. The Morgan fingerprint density at radius 2 is 1.13 bits per heavy atom. The van der Waals surface area contributed by atoms with E-state index in [1.165, 1.54) is 38.3 Å². The molecule has 0 saturated carbocycles. The van der Waals surface area contributed by atoms with Crippen molar-refractivity contribution in [3.8, 4) is 5.75 Å². The van der Waals surface area contributed by atoms with Crippen molar-refractivity contribution in [1.29, 1.82) is 0 Å². The molecule has 0 spiro atoms. The highest BCUT2D eigenvalue weighted by atomic mass is 19.4. The van der Waals surface area contributed by atoms with Crippen LogP contribution in [0.1, 0.15) is 24.0 Å². The minimum atomic E-state index is -4.51. The van der Waals surface area contributed by atoms with E-state index in [9.17, 15) is 46.1 Å². The van der Waals surface area contributed by atoms with Crippen LogP contribution < -0.4 is 30.7 Å². The molecule has 4 aromatic rings.